The van der Waals surface area contributed by atoms with Crippen LogP contribution in [0.4, 0.5) is 0 Å². The predicted molar refractivity (Wildman–Crippen MR) is 77.1 cm³/mol. The molecule has 0 saturated carbocycles. The molecular formula is C15H20N2O4. The van der Waals surface area contributed by atoms with E-state index in [-0.39, 0.29) is 23.0 Å². The maximum absolute atomic E-state index is 12.2. The first kappa shape index (κ1) is 15.2. The molecule has 0 spiro atoms. The van der Waals surface area contributed by atoms with Crippen molar-refractivity contribution in [2.45, 2.75) is 32.2 Å². The van der Waals surface area contributed by atoms with Crippen LogP contribution < -0.4 is 5.32 Å². The monoisotopic (exact) mass is 292 g/mol. The first-order chi connectivity index (χ1) is 9.99. The number of likely N-dealkylation sites (tertiary alicyclic amines) is 1. The van der Waals surface area contributed by atoms with E-state index in [0.717, 1.165) is 32.4 Å². The smallest absolute Gasteiger partial charge is 0.252 e. The van der Waals surface area contributed by atoms with Gasteiger partial charge in [0.2, 0.25) is 5.91 Å². The van der Waals surface area contributed by atoms with E-state index < -0.39 is 11.9 Å². The topological polar surface area (TPSA) is 89.9 Å². The van der Waals surface area contributed by atoms with Gasteiger partial charge in [-0.3, -0.25) is 9.59 Å². The molecule has 0 bridgehead atoms. The third kappa shape index (κ3) is 3.65. The van der Waals surface area contributed by atoms with Crippen LogP contribution in [0.5, 0.6) is 11.5 Å². The molecule has 2 amide bonds. The molecule has 1 aliphatic rings. The van der Waals surface area contributed by atoms with Crippen molar-refractivity contribution < 1.29 is 19.8 Å². The van der Waals surface area contributed by atoms with Crippen molar-refractivity contribution in [1.29, 1.82) is 0 Å². The fourth-order valence-electron chi connectivity index (χ4n) is 2.39. The number of amides is 2. The quantitative estimate of drug-likeness (QED) is 0.731. The molecule has 1 atom stereocenters. The van der Waals surface area contributed by atoms with Gasteiger partial charge in [0.25, 0.3) is 5.91 Å². The second-order valence-corrected chi connectivity index (χ2v) is 5.28. The average Bonchev–Trinajstić information content (AvgIpc) is 2.50. The highest BCUT2D eigenvalue weighted by Crippen LogP contribution is 2.24. The van der Waals surface area contributed by atoms with Gasteiger partial charge < -0.3 is 20.4 Å². The van der Waals surface area contributed by atoms with E-state index >= 15 is 0 Å². The zero-order chi connectivity index (χ0) is 15.4. The molecule has 6 heteroatoms. The maximum atomic E-state index is 12.2. The number of phenolic OH excluding ortho intramolecular Hbond substituents is 2. The fraction of sp³-hybridized carbons (Fsp3) is 0.467. The summed E-state index contributed by atoms with van der Waals surface area (Å²) < 4.78 is 0. The van der Waals surface area contributed by atoms with E-state index in [4.69, 9.17) is 0 Å². The van der Waals surface area contributed by atoms with Crippen molar-refractivity contribution in [2.24, 2.45) is 0 Å². The van der Waals surface area contributed by atoms with Crippen molar-refractivity contribution in [3.8, 4) is 11.5 Å². The molecule has 0 aromatic heterocycles. The van der Waals surface area contributed by atoms with Crippen LogP contribution in [0, 0.1) is 0 Å². The number of nitrogens with zero attached hydrogens (tertiary/aromatic N) is 1. The van der Waals surface area contributed by atoms with Crippen LogP contribution >= 0.6 is 0 Å². The number of nitrogens with one attached hydrogen (secondary N) is 1. The van der Waals surface area contributed by atoms with Crippen molar-refractivity contribution in [3.63, 3.8) is 0 Å². The number of benzene rings is 1. The molecule has 3 N–H and O–H groups in total. The molecule has 0 aliphatic carbocycles. The van der Waals surface area contributed by atoms with Gasteiger partial charge in [-0.1, -0.05) is 0 Å². The standard InChI is InChI=1S/C15H20N2O4/c1-10(15(21)17-7-3-2-4-8-17)16-14(20)11-5-6-12(18)13(19)9-11/h5-6,9-10,18-19H,2-4,7-8H2,1H3,(H,16,20). The molecule has 1 aromatic rings. The summed E-state index contributed by atoms with van der Waals surface area (Å²) in [6.07, 6.45) is 3.13. The van der Waals surface area contributed by atoms with E-state index in [0.29, 0.717) is 0 Å². The number of carbonyl (C=O) groups excluding carboxylic acids is 2. The molecule has 114 valence electrons. The van der Waals surface area contributed by atoms with Crippen LogP contribution in [-0.2, 0) is 4.79 Å². The molecule has 6 nitrogen and oxygen atoms in total. The summed E-state index contributed by atoms with van der Waals surface area (Å²) in [6.45, 7) is 3.12. The molecule has 1 aromatic carbocycles. The summed E-state index contributed by atoms with van der Waals surface area (Å²) in [4.78, 5) is 26.0. The highest BCUT2D eigenvalue weighted by atomic mass is 16.3. The van der Waals surface area contributed by atoms with Gasteiger partial charge in [-0.2, -0.15) is 0 Å². The van der Waals surface area contributed by atoms with Crippen molar-refractivity contribution in [2.75, 3.05) is 13.1 Å². The van der Waals surface area contributed by atoms with E-state index in [1.165, 1.54) is 18.2 Å². The minimum absolute atomic E-state index is 0.0916. The van der Waals surface area contributed by atoms with Crippen LogP contribution in [0.3, 0.4) is 0 Å². The van der Waals surface area contributed by atoms with Crippen LogP contribution in [0.15, 0.2) is 18.2 Å². The molecule has 21 heavy (non-hydrogen) atoms. The number of hydrogen-bond acceptors (Lipinski definition) is 4. The zero-order valence-electron chi connectivity index (χ0n) is 12.0. The van der Waals surface area contributed by atoms with Gasteiger partial charge in [0, 0.05) is 18.7 Å². The van der Waals surface area contributed by atoms with Gasteiger partial charge in [-0.25, -0.2) is 0 Å². The van der Waals surface area contributed by atoms with Gasteiger partial charge in [0.1, 0.15) is 6.04 Å². The normalized spacial score (nSPS) is 16.3. The largest absolute Gasteiger partial charge is 0.504 e. The summed E-state index contributed by atoms with van der Waals surface area (Å²) in [7, 11) is 0. The molecule has 1 unspecified atom stereocenters. The molecule has 1 fully saturated rings. The van der Waals surface area contributed by atoms with Crippen LogP contribution in [0.2, 0.25) is 0 Å². The Bertz CT molecular complexity index is 538. The van der Waals surface area contributed by atoms with Crippen LogP contribution in [0.1, 0.15) is 36.5 Å². The number of rotatable bonds is 3. The molecule has 0 radical (unpaired) electrons. The highest BCUT2D eigenvalue weighted by molar-refractivity contribution is 5.97. The highest BCUT2D eigenvalue weighted by Gasteiger charge is 2.23. The molecule has 1 aliphatic heterocycles. The number of aromatic hydroxyl groups is 2. The Labute approximate surface area is 123 Å². The minimum atomic E-state index is -0.619. The number of carbonyl (C=O) groups is 2. The second kappa shape index (κ2) is 6.47. The summed E-state index contributed by atoms with van der Waals surface area (Å²) in [6, 6.07) is 3.18. The molecule has 1 saturated heterocycles. The first-order valence-electron chi connectivity index (χ1n) is 7.10. The lowest BCUT2D eigenvalue weighted by Crippen LogP contribution is -2.48. The summed E-state index contributed by atoms with van der Waals surface area (Å²) >= 11 is 0. The Hall–Kier alpha value is -2.24. The van der Waals surface area contributed by atoms with E-state index in [1.54, 1.807) is 11.8 Å². The number of piperidine rings is 1. The van der Waals surface area contributed by atoms with Crippen molar-refractivity contribution in [1.82, 2.24) is 10.2 Å². The zero-order valence-corrected chi connectivity index (χ0v) is 12.0. The third-order valence-electron chi connectivity index (χ3n) is 3.62. The Morgan fingerprint density at radius 1 is 1.14 bits per heavy atom. The Balaban J connectivity index is 1.97. The van der Waals surface area contributed by atoms with Crippen LogP contribution in [0.25, 0.3) is 0 Å². The van der Waals surface area contributed by atoms with Crippen molar-refractivity contribution in [3.05, 3.63) is 23.8 Å². The minimum Gasteiger partial charge on any atom is -0.504 e. The van der Waals surface area contributed by atoms with E-state index in [2.05, 4.69) is 5.32 Å². The van der Waals surface area contributed by atoms with Gasteiger partial charge in [-0.05, 0) is 44.4 Å². The van der Waals surface area contributed by atoms with E-state index in [9.17, 15) is 19.8 Å². The average molecular weight is 292 g/mol. The summed E-state index contributed by atoms with van der Waals surface area (Å²) in [5.74, 6) is -1.20. The van der Waals surface area contributed by atoms with Gasteiger partial charge >= 0.3 is 0 Å². The summed E-state index contributed by atoms with van der Waals surface area (Å²) in [5.41, 5.74) is 0.198. The van der Waals surface area contributed by atoms with E-state index in [1.807, 2.05) is 0 Å². The molecular weight excluding hydrogens is 272 g/mol. The fourth-order valence-corrected chi connectivity index (χ4v) is 2.39. The summed E-state index contributed by atoms with van der Waals surface area (Å²) in [5, 5.41) is 21.2. The van der Waals surface area contributed by atoms with Gasteiger partial charge in [0.15, 0.2) is 11.5 Å². The lowest BCUT2D eigenvalue weighted by atomic mass is 10.1. The van der Waals surface area contributed by atoms with Crippen molar-refractivity contribution >= 4 is 11.8 Å². The Morgan fingerprint density at radius 2 is 1.81 bits per heavy atom. The molecule has 1 heterocycles. The predicted octanol–water partition coefficient (Wildman–Crippen LogP) is 1.23. The Morgan fingerprint density at radius 3 is 2.43 bits per heavy atom. The molecule has 2 rings (SSSR count). The number of hydrogen-bond donors (Lipinski definition) is 3. The lowest BCUT2D eigenvalue weighted by Gasteiger charge is -2.29. The SMILES string of the molecule is CC(NC(=O)c1ccc(O)c(O)c1)C(=O)N1CCCCC1. The lowest BCUT2D eigenvalue weighted by molar-refractivity contribution is -0.133. The number of phenols is 2. The van der Waals surface area contributed by atoms with Gasteiger partial charge in [0.05, 0.1) is 0 Å². The second-order valence-electron chi connectivity index (χ2n) is 5.28. The maximum Gasteiger partial charge on any atom is 0.252 e. The first-order valence-corrected chi connectivity index (χ1v) is 7.10. The van der Waals surface area contributed by atoms with Gasteiger partial charge in [-0.15, -0.1) is 0 Å². The Kier molecular flexibility index (Phi) is 4.67. The third-order valence-corrected chi connectivity index (χ3v) is 3.62. The van der Waals surface area contributed by atoms with Crippen LogP contribution in [-0.4, -0.2) is 46.1 Å².